The summed E-state index contributed by atoms with van der Waals surface area (Å²) in [5, 5.41) is 8.55. The molecule has 1 N–H and O–H groups in total. The first-order valence-corrected chi connectivity index (χ1v) is 5.29. The van der Waals surface area contributed by atoms with E-state index in [4.69, 9.17) is 9.84 Å². The largest absolute Gasteiger partial charge is 0.479 e. The van der Waals surface area contributed by atoms with Crippen LogP contribution in [0.2, 0.25) is 0 Å². The van der Waals surface area contributed by atoms with Crippen molar-refractivity contribution in [2.75, 3.05) is 6.61 Å². The summed E-state index contributed by atoms with van der Waals surface area (Å²) in [5.74, 6) is 0.0584. The Morgan fingerprint density at radius 2 is 2.00 bits per heavy atom. The highest BCUT2D eigenvalue weighted by molar-refractivity contribution is 5.68. The van der Waals surface area contributed by atoms with E-state index in [-0.39, 0.29) is 6.61 Å². The van der Waals surface area contributed by atoms with Crippen LogP contribution in [-0.4, -0.2) is 27.7 Å². The number of carboxylic acid groups (broad SMARTS) is 1. The number of aliphatic carboxylic acids is 1. The van der Waals surface area contributed by atoms with E-state index in [1.807, 2.05) is 20.8 Å². The maximum absolute atomic E-state index is 10.4. The second-order valence-electron chi connectivity index (χ2n) is 3.41. The fourth-order valence-electron chi connectivity index (χ4n) is 1.36. The molecule has 88 valence electrons. The lowest BCUT2D eigenvalue weighted by Crippen LogP contribution is -2.13. The van der Waals surface area contributed by atoms with Crippen LogP contribution in [-0.2, 0) is 17.6 Å². The molecule has 0 unspecified atom stereocenters. The van der Waals surface area contributed by atoms with Gasteiger partial charge in [-0.25, -0.2) is 9.78 Å². The van der Waals surface area contributed by atoms with Crippen molar-refractivity contribution in [3.05, 3.63) is 17.1 Å². The van der Waals surface area contributed by atoms with Gasteiger partial charge in [0.05, 0.1) is 5.69 Å². The summed E-state index contributed by atoms with van der Waals surface area (Å²) >= 11 is 0. The summed E-state index contributed by atoms with van der Waals surface area (Å²) in [6.45, 7) is 5.42. The van der Waals surface area contributed by atoms with Crippen molar-refractivity contribution >= 4 is 5.97 Å². The molecule has 0 saturated heterocycles. The number of hydrogen-bond donors (Lipinski definition) is 1. The Balaban J connectivity index is 3.01. The minimum Gasteiger partial charge on any atom is -0.479 e. The maximum Gasteiger partial charge on any atom is 0.341 e. The van der Waals surface area contributed by atoms with Crippen molar-refractivity contribution in [1.82, 2.24) is 9.97 Å². The van der Waals surface area contributed by atoms with Gasteiger partial charge in [0.1, 0.15) is 5.82 Å². The first kappa shape index (κ1) is 12.4. The zero-order chi connectivity index (χ0) is 12.1. The van der Waals surface area contributed by atoms with E-state index in [1.54, 1.807) is 0 Å². The highest BCUT2D eigenvalue weighted by Crippen LogP contribution is 2.18. The number of ether oxygens (including phenoxy) is 1. The van der Waals surface area contributed by atoms with E-state index in [2.05, 4.69) is 9.97 Å². The van der Waals surface area contributed by atoms with Gasteiger partial charge in [0.25, 0.3) is 0 Å². The van der Waals surface area contributed by atoms with E-state index >= 15 is 0 Å². The van der Waals surface area contributed by atoms with E-state index in [0.29, 0.717) is 18.1 Å². The SMILES string of the molecule is CCc1nc(CC)c(C)c(OCC(=O)O)n1. The molecule has 0 saturated carbocycles. The van der Waals surface area contributed by atoms with Gasteiger partial charge in [-0.3, -0.25) is 0 Å². The zero-order valence-electron chi connectivity index (χ0n) is 9.78. The predicted molar refractivity (Wildman–Crippen MR) is 58.7 cm³/mol. The third kappa shape index (κ3) is 2.92. The van der Waals surface area contributed by atoms with Crippen LogP contribution >= 0.6 is 0 Å². The zero-order valence-corrected chi connectivity index (χ0v) is 9.78. The molecule has 0 bridgehead atoms. The normalized spacial score (nSPS) is 10.2. The number of hydrogen-bond acceptors (Lipinski definition) is 4. The van der Waals surface area contributed by atoms with Gasteiger partial charge < -0.3 is 9.84 Å². The van der Waals surface area contributed by atoms with Crippen molar-refractivity contribution < 1.29 is 14.6 Å². The number of carbonyl (C=O) groups is 1. The van der Waals surface area contributed by atoms with Gasteiger partial charge in [0.2, 0.25) is 5.88 Å². The minimum atomic E-state index is -1.01. The van der Waals surface area contributed by atoms with Crippen molar-refractivity contribution in [2.45, 2.75) is 33.6 Å². The van der Waals surface area contributed by atoms with Gasteiger partial charge in [-0.2, -0.15) is 4.98 Å². The lowest BCUT2D eigenvalue weighted by molar-refractivity contribution is -0.139. The van der Waals surface area contributed by atoms with Crippen LogP contribution in [0.4, 0.5) is 0 Å². The molecule has 5 heteroatoms. The molecular formula is C11H16N2O3. The number of nitrogens with zero attached hydrogens (tertiary/aromatic N) is 2. The third-order valence-electron chi connectivity index (χ3n) is 2.23. The molecule has 1 aromatic rings. The van der Waals surface area contributed by atoms with Crippen LogP contribution in [0.25, 0.3) is 0 Å². The Kier molecular flexibility index (Phi) is 4.22. The van der Waals surface area contributed by atoms with Crippen molar-refractivity contribution in [3.63, 3.8) is 0 Å². The molecule has 0 aromatic carbocycles. The van der Waals surface area contributed by atoms with Gasteiger partial charge in [-0.15, -0.1) is 0 Å². The molecule has 0 radical (unpaired) electrons. The topological polar surface area (TPSA) is 72.3 Å². The molecule has 0 fully saturated rings. The van der Waals surface area contributed by atoms with Crippen molar-refractivity contribution in [2.24, 2.45) is 0 Å². The number of aromatic nitrogens is 2. The van der Waals surface area contributed by atoms with Crippen LogP contribution in [0.5, 0.6) is 5.88 Å². The molecule has 0 aliphatic carbocycles. The minimum absolute atomic E-state index is 0.371. The lowest BCUT2D eigenvalue weighted by Gasteiger charge is -2.10. The standard InChI is InChI=1S/C11H16N2O3/c1-4-8-7(3)11(16-6-10(14)15)13-9(5-2)12-8/h4-6H2,1-3H3,(H,14,15). The Bertz CT molecular complexity index is 391. The van der Waals surface area contributed by atoms with Crippen LogP contribution in [0.1, 0.15) is 30.9 Å². The van der Waals surface area contributed by atoms with Crippen LogP contribution < -0.4 is 4.74 Å². The number of carboxylic acids is 1. The van der Waals surface area contributed by atoms with Crippen LogP contribution in [0.15, 0.2) is 0 Å². The average Bonchev–Trinajstić information content (AvgIpc) is 2.27. The Morgan fingerprint density at radius 3 is 2.50 bits per heavy atom. The van der Waals surface area contributed by atoms with E-state index in [0.717, 1.165) is 17.7 Å². The van der Waals surface area contributed by atoms with E-state index < -0.39 is 5.97 Å². The van der Waals surface area contributed by atoms with Gasteiger partial charge >= 0.3 is 5.97 Å². The summed E-state index contributed by atoms with van der Waals surface area (Å²) in [5.41, 5.74) is 1.73. The Morgan fingerprint density at radius 1 is 1.31 bits per heavy atom. The lowest BCUT2D eigenvalue weighted by atomic mass is 10.2. The molecule has 16 heavy (non-hydrogen) atoms. The highest BCUT2D eigenvalue weighted by atomic mass is 16.5. The molecule has 0 aliphatic heterocycles. The van der Waals surface area contributed by atoms with Gasteiger partial charge in [-0.1, -0.05) is 13.8 Å². The second-order valence-corrected chi connectivity index (χ2v) is 3.41. The molecular weight excluding hydrogens is 208 g/mol. The molecule has 0 amide bonds. The monoisotopic (exact) mass is 224 g/mol. The molecule has 0 spiro atoms. The van der Waals surface area contributed by atoms with Gasteiger partial charge in [0.15, 0.2) is 6.61 Å². The van der Waals surface area contributed by atoms with E-state index in [9.17, 15) is 4.79 Å². The van der Waals surface area contributed by atoms with Crippen molar-refractivity contribution in [1.29, 1.82) is 0 Å². The molecule has 5 nitrogen and oxygen atoms in total. The second kappa shape index (κ2) is 5.44. The molecule has 0 atom stereocenters. The average molecular weight is 224 g/mol. The fourth-order valence-corrected chi connectivity index (χ4v) is 1.36. The first-order valence-electron chi connectivity index (χ1n) is 5.29. The van der Waals surface area contributed by atoms with Crippen LogP contribution in [0.3, 0.4) is 0 Å². The molecule has 1 heterocycles. The van der Waals surface area contributed by atoms with E-state index in [1.165, 1.54) is 0 Å². The molecule has 0 aliphatic rings. The maximum atomic E-state index is 10.4. The fraction of sp³-hybridized carbons (Fsp3) is 0.545. The van der Waals surface area contributed by atoms with Gasteiger partial charge in [-0.05, 0) is 13.3 Å². The summed E-state index contributed by atoms with van der Waals surface area (Å²) in [4.78, 5) is 19.0. The van der Waals surface area contributed by atoms with Gasteiger partial charge in [0, 0.05) is 12.0 Å². The Hall–Kier alpha value is -1.65. The first-order chi connectivity index (χ1) is 7.58. The molecule has 1 aromatic heterocycles. The summed E-state index contributed by atoms with van der Waals surface area (Å²) in [6, 6.07) is 0. The quantitative estimate of drug-likeness (QED) is 0.817. The summed E-state index contributed by atoms with van der Waals surface area (Å²) < 4.78 is 5.13. The summed E-state index contributed by atoms with van der Waals surface area (Å²) in [7, 11) is 0. The highest BCUT2D eigenvalue weighted by Gasteiger charge is 2.11. The van der Waals surface area contributed by atoms with Crippen LogP contribution in [0, 0.1) is 6.92 Å². The number of aryl methyl sites for hydroxylation is 2. The summed E-state index contributed by atoms with van der Waals surface area (Å²) in [6.07, 6.45) is 1.49. The third-order valence-corrected chi connectivity index (χ3v) is 2.23. The smallest absolute Gasteiger partial charge is 0.341 e. The van der Waals surface area contributed by atoms with Crippen molar-refractivity contribution in [3.8, 4) is 5.88 Å². The number of rotatable bonds is 5. The predicted octanol–water partition coefficient (Wildman–Crippen LogP) is 1.37. The Labute approximate surface area is 94.5 Å². The molecule has 1 rings (SSSR count).